The van der Waals surface area contributed by atoms with Crippen LogP contribution in [0.1, 0.15) is 71.6 Å². The molecule has 0 spiro atoms. The Morgan fingerprint density at radius 3 is 1.85 bits per heavy atom. The lowest BCUT2D eigenvalue weighted by atomic mass is 9.45. The number of Topliss-reactive ketones (excluding diaryl/α,β-unsaturated/α-hetero) is 1. The van der Waals surface area contributed by atoms with E-state index < -0.39 is 0 Å². The van der Waals surface area contributed by atoms with Crippen molar-refractivity contribution < 1.29 is 38.3 Å². The second-order valence-electron chi connectivity index (χ2n) is 12.7. The van der Waals surface area contributed by atoms with Gasteiger partial charge in [-0.2, -0.15) is 0 Å². The van der Waals surface area contributed by atoms with E-state index in [2.05, 4.69) is 13.8 Å². The van der Waals surface area contributed by atoms with Crippen LogP contribution in [-0.2, 0) is 33.2 Å². The predicted molar refractivity (Wildman–Crippen MR) is 148 cm³/mol. The number of fused-ring (bicyclic) bond motifs is 5. The van der Waals surface area contributed by atoms with E-state index >= 15 is 0 Å². The molecule has 1 N–H and O–H groups in total. The number of hydrogen-bond donors (Lipinski definition) is 1. The second kappa shape index (κ2) is 15.6. The third-order valence-electron chi connectivity index (χ3n) is 10.7. The Morgan fingerprint density at radius 2 is 1.23 bits per heavy atom. The average Bonchev–Trinajstić information content (AvgIpc) is 3.27. The number of carbonyl (C=O) groups is 1. The van der Waals surface area contributed by atoms with Crippen molar-refractivity contribution in [2.75, 3.05) is 79.3 Å². The number of carbonyl (C=O) groups excluding carboxylic acids is 1. The monoisotopic (exact) mass is 554 g/mol. The highest BCUT2D eigenvalue weighted by Crippen LogP contribution is 2.66. The summed E-state index contributed by atoms with van der Waals surface area (Å²) >= 11 is 0. The van der Waals surface area contributed by atoms with Gasteiger partial charge in [-0.1, -0.05) is 13.8 Å². The fraction of sp³-hybridized carbons (Fsp3) is 0.968. The molecule has 4 rings (SSSR count). The molecule has 39 heavy (non-hydrogen) atoms. The summed E-state index contributed by atoms with van der Waals surface area (Å²) in [6.45, 7) is 10.9. The predicted octanol–water partition coefficient (Wildman–Crippen LogP) is 4.06. The highest BCUT2D eigenvalue weighted by Gasteiger charge is 2.60. The Kier molecular flexibility index (Phi) is 12.5. The van der Waals surface area contributed by atoms with Gasteiger partial charge in [0.2, 0.25) is 0 Å². The van der Waals surface area contributed by atoms with E-state index in [4.69, 9.17) is 33.5 Å². The minimum Gasteiger partial charge on any atom is -0.394 e. The van der Waals surface area contributed by atoms with Crippen LogP contribution in [-0.4, -0.2) is 96.3 Å². The molecule has 0 aromatic rings. The normalized spacial score (nSPS) is 36.0. The van der Waals surface area contributed by atoms with Crippen LogP contribution in [0.4, 0.5) is 0 Å². The lowest BCUT2D eigenvalue weighted by molar-refractivity contribution is -0.146. The van der Waals surface area contributed by atoms with Crippen LogP contribution in [0.2, 0.25) is 0 Å². The maximum atomic E-state index is 12.1. The summed E-state index contributed by atoms with van der Waals surface area (Å²) < 4.78 is 33.8. The molecule has 0 aromatic heterocycles. The number of aliphatic hydroxyl groups is 1. The maximum Gasteiger partial charge on any atom is 0.133 e. The van der Waals surface area contributed by atoms with Crippen LogP contribution in [0, 0.1) is 34.5 Å². The van der Waals surface area contributed by atoms with Crippen LogP contribution in [0.25, 0.3) is 0 Å². The van der Waals surface area contributed by atoms with E-state index in [1.165, 1.54) is 38.5 Å². The molecule has 0 bridgehead atoms. The standard InChI is InChI=1S/C31H54O8/c1-30-9-7-25(33)23-24(30)3-4-26-27-5-6-29(31(27,2)10-8-28(26)30)39-22-21-38-20-19-37-18-17-36-16-15-35-14-13-34-12-11-32/h24,26-29,32H,3-23H2,1-2H3/t24-,26-,27-,28-,29-,30-,31-/m0/s1. The van der Waals surface area contributed by atoms with E-state index in [1.807, 2.05) is 0 Å². The van der Waals surface area contributed by atoms with Gasteiger partial charge in [-0.15, -0.1) is 0 Å². The number of aliphatic hydroxyl groups excluding tert-OH is 1. The summed E-state index contributed by atoms with van der Waals surface area (Å²) in [6, 6.07) is 0. The second-order valence-corrected chi connectivity index (χ2v) is 12.7. The molecule has 0 heterocycles. The molecule has 0 aromatic carbocycles. The Bertz CT molecular complexity index is 733. The summed E-state index contributed by atoms with van der Waals surface area (Å²) in [4.78, 5) is 12.1. The van der Waals surface area contributed by atoms with E-state index in [-0.39, 0.29) is 12.0 Å². The van der Waals surface area contributed by atoms with Crippen LogP contribution in [0.3, 0.4) is 0 Å². The van der Waals surface area contributed by atoms with Crippen LogP contribution in [0.5, 0.6) is 0 Å². The topological polar surface area (TPSA) is 92.7 Å². The Hall–Kier alpha value is -0.610. The first-order valence-electron chi connectivity index (χ1n) is 15.6. The van der Waals surface area contributed by atoms with E-state index in [0.717, 1.165) is 37.0 Å². The summed E-state index contributed by atoms with van der Waals surface area (Å²) in [7, 11) is 0. The molecule has 8 nitrogen and oxygen atoms in total. The smallest absolute Gasteiger partial charge is 0.133 e. The van der Waals surface area contributed by atoms with Crippen molar-refractivity contribution in [2.45, 2.75) is 77.7 Å². The Labute approximate surface area is 235 Å². The lowest BCUT2D eigenvalue weighted by Gasteiger charge is -2.60. The fourth-order valence-corrected chi connectivity index (χ4v) is 8.57. The molecule has 4 fully saturated rings. The highest BCUT2D eigenvalue weighted by molar-refractivity contribution is 5.79. The van der Waals surface area contributed by atoms with Crippen molar-refractivity contribution in [3.05, 3.63) is 0 Å². The van der Waals surface area contributed by atoms with Crippen LogP contribution >= 0.6 is 0 Å². The van der Waals surface area contributed by atoms with Gasteiger partial charge < -0.3 is 33.5 Å². The summed E-state index contributed by atoms with van der Waals surface area (Å²) in [5.74, 6) is 3.51. The first-order valence-corrected chi connectivity index (χ1v) is 15.6. The molecule has 226 valence electrons. The van der Waals surface area contributed by atoms with Gasteiger partial charge in [-0.3, -0.25) is 4.79 Å². The molecule has 4 saturated carbocycles. The highest BCUT2D eigenvalue weighted by atomic mass is 16.6. The molecule has 0 amide bonds. The van der Waals surface area contributed by atoms with Gasteiger partial charge >= 0.3 is 0 Å². The Balaban J connectivity index is 1.03. The van der Waals surface area contributed by atoms with Crippen molar-refractivity contribution >= 4 is 5.78 Å². The zero-order valence-corrected chi connectivity index (χ0v) is 24.5. The first-order chi connectivity index (χ1) is 19.0. The lowest BCUT2D eigenvalue weighted by Crippen LogP contribution is -2.54. The molecule has 8 heteroatoms. The van der Waals surface area contributed by atoms with Crippen molar-refractivity contribution in [3.8, 4) is 0 Å². The van der Waals surface area contributed by atoms with Crippen molar-refractivity contribution in [3.63, 3.8) is 0 Å². The molecular formula is C31H54O8. The van der Waals surface area contributed by atoms with Crippen LogP contribution < -0.4 is 0 Å². The summed E-state index contributed by atoms with van der Waals surface area (Å²) in [6.07, 6.45) is 10.7. The SMILES string of the molecule is C[C@]12CCC(=O)C[C@@H]1CC[C@@H]1[C@@H]2CC[C@]2(C)[C@@H](OCCOCCOCCOCCOCCOCCO)CC[C@@H]12. The van der Waals surface area contributed by atoms with Gasteiger partial charge in [-0.25, -0.2) is 0 Å². The molecule has 0 unspecified atom stereocenters. The molecular weight excluding hydrogens is 500 g/mol. The van der Waals surface area contributed by atoms with Gasteiger partial charge in [0.05, 0.1) is 85.4 Å². The van der Waals surface area contributed by atoms with Crippen molar-refractivity contribution in [1.29, 1.82) is 0 Å². The molecule has 4 aliphatic rings. The molecule has 0 radical (unpaired) electrons. The summed E-state index contributed by atoms with van der Waals surface area (Å²) in [5.41, 5.74) is 0.668. The molecule has 7 atom stereocenters. The van der Waals surface area contributed by atoms with E-state index in [0.29, 0.717) is 95.9 Å². The fourth-order valence-electron chi connectivity index (χ4n) is 8.57. The van der Waals surface area contributed by atoms with E-state index in [9.17, 15) is 4.79 Å². The largest absolute Gasteiger partial charge is 0.394 e. The maximum absolute atomic E-state index is 12.1. The van der Waals surface area contributed by atoms with Gasteiger partial charge in [-0.05, 0) is 79.4 Å². The van der Waals surface area contributed by atoms with E-state index in [1.54, 1.807) is 0 Å². The molecule has 0 saturated heterocycles. The minimum atomic E-state index is 0.0372. The quantitative estimate of drug-likeness (QED) is 0.254. The van der Waals surface area contributed by atoms with Gasteiger partial charge in [0, 0.05) is 12.8 Å². The Morgan fingerprint density at radius 1 is 0.667 bits per heavy atom. The number of hydrogen-bond acceptors (Lipinski definition) is 8. The van der Waals surface area contributed by atoms with Crippen molar-refractivity contribution in [2.24, 2.45) is 34.5 Å². The number of ketones is 1. The molecule has 4 aliphatic carbocycles. The zero-order valence-electron chi connectivity index (χ0n) is 24.5. The third kappa shape index (κ3) is 8.02. The van der Waals surface area contributed by atoms with Gasteiger partial charge in [0.25, 0.3) is 0 Å². The number of rotatable bonds is 18. The zero-order chi connectivity index (χ0) is 27.6. The van der Waals surface area contributed by atoms with Crippen LogP contribution in [0.15, 0.2) is 0 Å². The van der Waals surface area contributed by atoms with Crippen molar-refractivity contribution in [1.82, 2.24) is 0 Å². The number of ether oxygens (including phenoxy) is 6. The average molecular weight is 555 g/mol. The first kappa shape index (κ1) is 31.3. The van der Waals surface area contributed by atoms with Gasteiger partial charge in [0.1, 0.15) is 5.78 Å². The third-order valence-corrected chi connectivity index (χ3v) is 10.7. The minimum absolute atomic E-state index is 0.0372. The van der Waals surface area contributed by atoms with Gasteiger partial charge in [0.15, 0.2) is 0 Å². The molecule has 0 aliphatic heterocycles. The summed E-state index contributed by atoms with van der Waals surface area (Å²) in [5, 5.41) is 8.61.